The van der Waals surface area contributed by atoms with Crippen LogP contribution >= 0.6 is 0 Å². The summed E-state index contributed by atoms with van der Waals surface area (Å²) < 4.78 is 10.7. The lowest BCUT2D eigenvalue weighted by Gasteiger charge is -2.33. The Morgan fingerprint density at radius 1 is 1.21 bits per heavy atom. The lowest BCUT2D eigenvalue weighted by molar-refractivity contribution is -0.137. The van der Waals surface area contributed by atoms with Crippen LogP contribution in [-0.4, -0.2) is 63.7 Å². The fourth-order valence-electron chi connectivity index (χ4n) is 4.08. The van der Waals surface area contributed by atoms with Gasteiger partial charge in [-0.2, -0.15) is 0 Å². The molecule has 7 heteroatoms. The summed E-state index contributed by atoms with van der Waals surface area (Å²) in [5.74, 6) is 1.65. The van der Waals surface area contributed by atoms with E-state index in [-0.39, 0.29) is 24.2 Å². The molecule has 1 aromatic carbocycles. The molecule has 0 radical (unpaired) electrons. The zero-order valence-electron chi connectivity index (χ0n) is 17.1. The number of piperidine rings is 1. The number of ether oxygens (including phenoxy) is 2. The average Bonchev–Trinajstić information content (AvgIpc) is 3.12. The molecular weight excluding hydrogens is 358 g/mol. The van der Waals surface area contributed by atoms with Crippen molar-refractivity contribution in [3.63, 3.8) is 0 Å². The standard InChI is InChI=1S/C21H31N3O4/c1-4-22-13-15-7-9-23(10-8-15)21(26)16-11-20(25)24(14-16)18-6-5-17(27-2)12-19(18)28-3/h5-6,12,15-16,22H,4,7-11,13-14H2,1-3H3. The van der Waals surface area contributed by atoms with Crippen molar-refractivity contribution in [2.75, 3.05) is 51.8 Å². The second-order valence-electron chi connectivity index (χ2n) is 7.52. The molecule has 0 spiro atoms. The van der Waals surface area contributed by atoms with E-state index in [1.54, 1.807) is 31.3 Å². The molecule has 2 aliphatic heterocycles. The summed E-state index contributed by atoms with van der Waals surface area (Å²) in [5, 5.41) is 3.39. The molecule has 2 heterocycles. The average molecular weight is 389 g/mol. The van der Waals surface area contributed by atoms with E-state index in [0.29, 0.717) is 29.6 Å². The number of carbonyl (C=O) groups excluding carboxylic acids is 2. The molecular formula is C21H31N3O4. The van der Waals surface area contributed by atoms with Crippen LogP contribution in [0.5, 0.6) is 11.5 Å². The number of likely N-dealkylation sites (tertiary alicyclic amines) is 1. The van der Waals surface area contributed by atoms with Crippen LogP contribution in [0.25, 0.3) is 0 Å². The first-order valence-corrected chi connectivity index (χ1v) is 10.1. The molecule has 2 fully saturated rings. The molecule has 7 nitrogen and oxygen atoms in total. The highest BCUT2D eigenvalue weighted by atomic mass is 16.5. The highest BCUT2D eigenvalue weighted by molar-refractivity contribution is 6.01. The van der Waals surface area contributed by atoms with E-state index in [0.717, 1.165) is 39.0 Å². The van der Waals surface area contributed by atoms with Crippen molar-refractivity contribution in [3.05, 3.63) is 18.2 Å². The van der Waals surface area contributed by atoms with Crippen molar-refractivity contribution in [1.82, 2.24) is 10.2 Å². The molecule has 2 aliphatic rings. The van der Waals surface area contributed by atoms with Gasteiger partial charge in [-0.3, -0.25) is 9.59 Å². The van der Waals surface area contributed by atoms with E-state index in [2.05, 4.69) is 12.2 Å². The first-order valence-electron chi connectivity index (χ1n) is 10.1. The molecule has 154 valence electrons. The smallest absolute Gasteiger partial charge is 0.228 e. The van der Waals surface area contributed by atoms with Crippen molar-refractivity contribution < 1.29 is 19.1 Å². The van der Waals surface area contributed by atoms with Crippen molar-refractivity contribution in [3.8, 4) is 11.5 Å². The van der Waals surface area contributed by atoms with Gasteiger partial charge in [-0.15, -0.1) is 0 Å². The van der Waals surface area contributed by atoms with Gasteiger partial charge in [0.1, 0.15) is 11.5 Å². The Labute approximate surface area is 167 Å². The minimum absolute atomic E-state index is 0.0381. The molecule has 0 saturated carbocycles. The summed E-state index contributed by atoms with van der Waals surface area (Å²) in [7, 11) is 3.16. The fourth-order valence-corrected chi connectivity index (χ4v) is 4.08. The molecule has 0 bridgehead atoms. The van der Waals surface area contributed by atoms with E-state index in [4.69, 9.17) is 9.47 Å². The van der Waals surface area contributed by atoms with E-state index in [1.807, 2.05) is 11.0 Å². The molecule has 2 saturated heterocycles. The summed E-state index contributed by atoms with van der Waals surface area (Å²) in [4.78, 5) is 29.2. The van der Waals surface area contributed by atoms with Crippen LogP contribution in [0.15, 0.2) is 18.2 Å². The lowest BCUT2D eigenvalue weighted by atomic mass is 9.95. The Bertz CT molecular complexity index is 701. The van der Waals surface area contributed by atoms with Crippen LogP contribution in [0.1, 0.15) is 26.2 Å². The summed E-state index contributed by atoms with van der Waals surface area (Å²) in [6.07, 6.45) is 2.30. The normalized spacial score (nSPS) is 20.5. The minimum Gasteiger partial charge on any atom is -0.497 e. The summed E-state index contributed by atoms with van der Waals surface area (Å²) >= 11 is 0. The van der Waals surface area contributed by atoms with Gasteiger partial charge in [-0.05, 0) is 44.0 Å². The number of anilines is 1. The van der Waals surface area contributed by atoms with Crippen molar-refractivity contribution >= 4 is 17.5 Å². The van der Waals surface area contributed by atoms with Gasteiger partial charge in [-0.25, -0.2) is 0 Å². The number of amides is 2. The largest absolute Gasteiger partial charge is 0.497 e. The number of hydrogen-bond acceptors (Lipinski definition) is 5. The number of benzene rings is 1. The maximum atomic E-state index is 13.0. The molecule has 1 aromatic rings. The Hall–Kier alpha value is -2.28. The van der Waals surface area contributed by atoms with Gasteiger partial charge >= 0.3 is 0 Å². The Balaban J connectivity index is 1.62. The third-order valence-corrected chi connectivity index (χ3v) is 5.76. The summed E-state index contributed by atoms with van der Waals surface area (Å²) in [5.41, 5.74) is 0.688. The number of nitrogens with zero attached hydrogens (tertiary/aromatic N) is 2. The molecule has 2 amide bonds. The van der Waals surface area contributed by atoms with Gasteiger partial charge < -0.3 is 24.6 Å². The van der Waals surface area contributed by atoms with Crippen LogP contribution in [0.4, 0.5) is 5.69 Å². The quantitative estimate of drug-likeness (QED) is 0.771. The summed E-state index contributed by atoms with van der Waals surface area (Å²) in [6.45, 7) is 6.08. The lowest BCUT2D eigenvalue weighted by Crippen LogP contribution is -2.44. The molecule has 1 atom stereocenters. The van der Waals surface area contributed by atoms with Gasteiger partial charge in [0, 0.05) is 32.1 Å². The maximum absolute atomic E-state index is 13.0. The number of rotatable bonds is 7. The van der Waals surface area contributed by atoms with Gasteiger partial charge in [0.2, 0.25) is 11.8 Å². The van der Waals surface area contributed by atoms with Gasteiger partial charge in [0.25, 0.3) is 0 Å². The van der Waals surface area contributed by atoms with Gasteiger partial charge in [-0.1, -0.05) is 6.92 Å². The Morgan fingerprint density at radius 3 is 2.61 bits per heavy atom. The molecule has 0 aliphatic carbocycles. The molecule has 1 unspecified atom stereocenters. The summed E-state index contributed by atoms with van der Waals surface area (Å²) in [6, 6.07) is 5.37. The third kappa shape index (κ3) is 4.41. The van der Waals surface area contributed by atoms with Crippen LogP contribution in [-0.2, 0) is 9.59 Å². The van der Waals surface area contributed by atoms with Crippen molar-refractivity contribution in [2.45, 2.75) is 26.2 Å². The highest BCUT2D eigenvalue weighted by Gasteiger charge is 2.39. The van der Waals surface area contributed by atoms with Crippen molar-refractivity contribution in [2.24, 2.45) is 11.8 Å². The minimum atomic E-state index is -0.287. The second-order valence-corrected chi connectivity index (χ2v) is 7.52. The van der Waals surface area contributed by atoms with E-state index in [1.165, 1.54) is 0 Å². The van der Waals surface area contributed by atoms with Gasteiger partial charge in [0.05, 0.1) is 25.8 Å². The van der Waals surface area contributed by atoms with Gasteiger partial charge in [0.15, 0.2) is 0 Å². The van der Waals surface area contributed by atoms with Crippen molar-refractivity contribution in [1.29, 1.82) is 0 Å². The van der Waals surface area contributed by atoms with E-state index < -0.39 is 0 Å². The number of methoxy groups -OCH3 is 2. The predicted molar refractivity (Wildman–Crippen MR) is 108 cm³/mol. The maximum Gasteiger partial charge on any atom is 0.228 e. The predicted octanol–water partition coefficient (Wildman–Crippen LogP) is 1.90. The number of hydrogen-bond donors (Lipinski definition) is 1. The Kier molecular flexibility index (Phi) is 6.78. The van der Waals surface area contributed by atoms with Crippen LogP contribution < -0.4 is 19.7 Å². The molecule has 0 aromatic heterocycles. The first-order chi connectivity index (χ1) is 13.6. The number of nitrogens with one attached hydrogen (secondary N) is 1. The Morgan fingerprint density at radius 2 is 1.96 bits per heavy atom. The van der Waals surface area contributed by atoms with Crippen LogP contribution in [0.2, 0.25) is 0 Å². The molecule has 3 rings (SSSR count). The third-order valence-electron chi connectivity index (χ3n) is 5.76. The van der Waals surface area contributed by atoms with E-state index >= 15 is 0 Å². The monoisotopic (exact) mass is 389 g/mol. The second kappa shape index (κ2) is 9.28. The fraction of sp³-hybridized carbons (Fsp3) is 0.619. The topological polar surface area (TPSA) is 71.1 Å². The van der Waals surface area contributed by atoms with E-state index in [9.17, 15) is 9.59 Å². The highest BCUT2D eigenvalue weighted by Crippen LogP contribution is 2.36. The molecule has 1 N–H and O–H groups in total. The zero-order chi connectivity index (χ0) is 20.1. The van der Waals surface area contributed by atoms with Crippen LogP contribution in [0.3, 0.4) is 0 Å². The number of carbonyl (C=O) groups is 2. The van der Waals surface area contributed by atoms with Crippen LogP contribution in [0, 0.1) is 11.8 Å². The molecule has 28 heavy (non-hydrogen) atoms. The first kappa shape index (κ1) is 20.5. The zero-order valence-corrected chi connectivity index (χ0v) is 17.1. The SMILES string of the molecule is CCNCC1CCN(C(=O)C2CC(=O)N(c3ccc(OC)cc3OC)C2)CC1.